The Bertz CT molecular complexity index is 381. The highest BCUT2D eigenvalue weighted by Gasteiger charge is 2.23. The average molecular weight is 252 g/mol. The molecule has 0 bridgehead atoms. The normalized spacial score (nSPS) is 16.7. The lowest BCUT2D eigenvalue weighted by Crippen LogP contribution is -2.26. The maximum Gasteiger partial charge on any atom is 0.334 e. The molecule has 0 heterocycles. The van der Waals surface area contributed by atoms with Gasteiger partial charge in [-0.25, -0.2) is 4.79 Å². The van der Waals surface area contributed by atoms with Crippen molar-refractivity contribution in [1.29, 1.82) is 0 Å². The summed E-state index contributed by atoms with van der Waals surface area (Å²) in [5, 5.41) is 0. The van der Waals surface area contributed by atoms with E-state index in [1.54, 1.807) is 0 Å². The number of carbonyl (C=O) groups excluding carboxylic acids is 1. The highest BCUT2D eigenvalue weighted by atomic mass is 16.6. The van der Waals surface area contributed by atoms with E-state index >= 15 is 0 Å². The van der Waals surface area contributed by atoms with Crippen molar-refractivity contribution in [3.8, 4) is 0 Å². The van der Waals surface area contributed by atoms with Gasteiger partial charge in [0, 0.05) is 12.0 Å². The Labute approximate surface area is 110 Å². The van der Waals surface area contributed by atoms with Crippen LogP contribution in [0.1, 0.15) is 54.4 Å². The summed E-state index contributed by atoms with van der Waals surface area (Å²) in [7, 11) is 0. The highest BCUT2D eigenvalue weighted by molar-refractivity contribution is 5.90. The SMILES string of the molecule is CC1=C(C(=O)OC(C)(C)C)CCC(OC(C)C)=C1. The molecule has 1 rings (SSSR count). The van der Waals surface area contributed by atoms with Crippen LogP contribution in [0, 0.1) is 0 Å². The first kappa shape index (κ1) is 14.8. The molecule has 0 saturated carbocycles. The minimum atomic E-state index is -0.442. The summed E-state index contributed by atoms with van der Waals surface area (Å²) in [6.07, 6.45) is 3.58. The summed E-state index contributed by atoms with van der Waals surface area (Å²) in [6.45, 7) is 11.6. The molecule has 0 fully saturated rings. The summed E-state index contributed by atoms with van der Waals surface area (Å²) in [5.74, 6) is 0.745. The lowest BCUT2D eigenvalue weighted by Gasteiger charge is -2.24. The molecule has 0 N–H and O–H groups in total. The van der Waals surface area contributed by atoms with E-state index in [0.717, 1.165) is 23.3 Å². The van der Waals surface area contributed by atoms with Gasteiger partial charge < -0.3 is 9.47 Å². The van der Waals surface area contributed by atoms with Crippen LogP contribution in [0.5, 0.6) is 0 Å². The topological polar surface area (TPSA) is 35.5 Å². The van der Waals surface area contributed by atoms with E-state index in [2.05, 4.69) is 0 Å². The molecule has 18 heavy (non-hydrogen) atoms. The van der Waals surface area contributed by atoms with Crippen molar-refractivity contribution in [3.05, 3.63) is 23.0 Å². The zero-order chi connectivity index (χ0) is 13.9. The Morgan fingerprint density at radius 3 is 2.33 bits per heavy atom. The lowest BCUT2D eigenvalue weighted by atomic mass is 9.97. The van der Waals surface area contributed by atoms with Crippen LogP contribution >= 0.6 is 0 Å². The van der Waals surface area contributed by atoms with Crippen LogP contribution in [0.25, 0.3) is 0 Å². The summed E-state index contributed by atoms with van der Waals surface area (Å²) in [4.78, 5) is 12.0. The molecule has 0 atom stereocenters. The van der Waals surface area contributed by atoms with Crippen molar-refractivity contribution >= 4 is 5.97 Å². The molecule has 0 radical (unpaired) electrons. The number of ether oxygens (including phenoxy) is 2. The number of carbonyl (C=O) groups is 1. The zero-order valence-corrected chi connectivity index (χ0v) is 12.3. The molecule has 0 aliphatic heterocycles. The molecule has 0 aromatic carbocycles. The monoisotopic (exact) mass is 252 g/mol. The van der Waals surface area contributed by atoms with Gasteiger partial charge in [0.2, 0.25) is 0 Å². The van der Waals surface area contributed by atoms with E-state index in [1.807, 2.05) is 47.6 Å². The van der Waals surface area contributed by atoms with Gasteiger partial charge in [-0.15, -0.1) is 0 Å². The van der Waals surface area contributed by atoms with Gasteiger partial charge in [0.15, 0.2) is 0 Å². The van der Waals surface area contributed by atoms with E-state index in [9.17, 15) is 4.79 Å². The first-order valence-corrected chi connectivity index (χ1v) is 6.49. The molecule has 1 aliphatic carbocycles. The average Bonchev–Trinajstić information content (AvgIpc) is 2.13. The predicted molar refractivity (Wildman–Crippen MR) is 72.1 cm³/mol. The molecule has 3 heteroatoms. The molecule has 0 saturated heterocycles. The minimum absolute atomic E-state index is 0.173. The van der Waals surface area contributed by atoms with Crippen molar-refractivity contribution in [2.45, 2.75) is 66.1 Å². The smallest absolute Gasteiger partial charge is 0.334 e. The molecule has 0 spiro atoms. The largest absolute Gasteiger partial charge is 0.495 e. The minimum Gasteiger partial charge on any atom is -0.495 e. The van der Waals surface area contributed by atoms with Crippen LogP contribution in [-0.4, -0.2) is 17.7 Å². The fraction of sp³-hybridized carbons (Fsp3) is 0.667. The van der Waals surface area contributed by atoms with E-state index in [1.165, 1.54) is 0 Å². The molecule has 102 valence electrons. The molecule has 1 aliphatic rings. The van der Waals surface area contributed by atoms with Gasteiger partial charge in [-0.05, 0) is 59.6 Å². The number of allylic oxidation sites excluding steroid dienone is 3. The van der Waals surface area contributed by atoms with Crippen LogP contribution in [0.15, 0.2) is 23.0 Å². The summed E-state index contributed by atoms with van der Waals surface area (Å²) >= 11 is 0. The maximum atomic E-state index is 12.0. The zero-order valence-electron chi connectivity index (χ0n) is 12.3. The molecule has 0 aromatic rings. The fourth-order valence-electron chi connectivity index (χ4n) is 1.84. The van der Waals surface area contributed by atoms with E-state index in [0.29, 0.717) is 6.42 Å². The second-order valence-corrected chi connectivity index (χ2v) is 5.94. The van der Waals surface area contributed by atoms with Crippen LogP contribution in [-0.2, 0) is 14.3 Å². The molecule has 3 nitrogen and oxygen atoms in total. The fourth-order valence-corrected chi connectivity index (χ4v) is 1.84. The third-order valence-electron chi connectivity index (χ3n) is 2.51. The molecule has 0 unspecified atom stereocenters. The number of esters is 1. The molecular weight excluding hydrogens is 228 g/mol. The van der Waals surface area contributed by atoms with Crippen LogP contribution in [0.4, 0.5) is 0 Å². The van der Waals surface area contributed by atoms with Gasteiger partial charge in [-0.1, -0.05) is 0 Å². The van der Waals surface area contributed by atoms with Crippen molar-refractivity contribution in [2.24, 2.45) is 0 Å². The lowest BCUT2D eigenvalue weighted by molar-refractivity contribution is -0.150. The van der Waals surface area contributed by atoms with Gasteiger partial charge >= 0.3 is 5.97 Å². The van der Waals surface area contributed by atoms with Crippen LogP contribution in [0.3, 0.4) is 0 Å². The van der Waals surface area contributed by atoms with Crippen molar-refractivity contribution in [3.63, 3.8) is 0 Å². The first-order chi connectivity index (χ1) is 8.19. The Hall–Kier alpha value is -1.25. The van der Waals surface area contributed by atoms with Gasteiger partial charge in [0.25, 0.3) is 0 Å². The second kappa shape index (κ2) is 5.59. The van der Waals surface area contributed by atoms with Crippen LogP contribution < -0.4 is 0 Å². The Kier molecular flexibility index (Phi) is 4.60. The third kappa shape index (κ3) is 4.55. The maximum absolute atomic E-state index is 12.0. The third-order valence-corrected chi connectivity index (χ3v) is 2.51. The van der Waals surface area contributed by atoms with Crippen molar-refractivity contribution < 1.29 is 14.3 Å². The molecule has 0 aromatic heterocycles. The number of hydrogen-bond donors (Lipinski definition) is 0. The van der Waals surface area contributed by atoms with Gasteiger partial charge in [-0.3, -0.25) is 0 Å². The molecule has 0 amide bonds. The van der Waals surface area contributed by atoms with Crippen LogP contribution in [0.2, 0.25) is 0 Å². The summed E-state index contributed by atoms with van der Waals surface area (Å²) < 4.78 is 11.1. The Morgan fingerprint density at radius 1 is 1.28 bits per heavy atom. The summed E-state index contributed by atoms with van der Waals surface area (Å²) in [6, 6.07) is 0. The Balaban J connectivity index is 2.79. The van der Waals surface area contributed by atoms with Crippen molar-refractivity contribution in [1.82, 2.24) is 0 Å². The standard InChI is InChI=1S/C15H24O3/c1-10(2)17-12-7-8-13(11(3)9-12)14(16)18-15(4,5)6/h9-10H,7-8H2,1-6H3. The van der Waals surface area contributed by atoms with Gasteiger partial charge in [-0.2, -0.15) is 0 Å². The van der Waals surface area contributed by atoms with Crippen molar-refractivity contribution in [2.75, 3.05) is 0 Å². The quantitative estimate of drug-likeness (QED) is 0.718. The van der Waals surface area contributed by atoms with Gasteiger partial charge in [0.1, 0.15) is 5.60 Å². The predicted octanol–water partition coefficient (Wildman–Crippen LogP) is 3.75. The van der Waals surface area contributed by atoms with E-state index < -0.39 is 5.60 Å². The number of hydrogen-bond acceptors (Lipinski definition) is 3. The van der Waals surface area contributed by atoms with E-state index in [-0.39, 0.29) is 12.1 Å². The number of rotatable bonds is 3. The highest BCUT2D eigenvalue weighted by Crippen LogP contribution is 2.27. The molecular formula is C15H24O3. The first-order valence-electron chi connectivity index (χ1n) is 6.49. The Morgan fingerprint density at radius 2 is 1.89 bits per heavy atom. The van der Waals surface area contributed by atoms with Gasteiger partial charge in [0.05, 0.1) is 11.9 Å². The van der Waals surface area contributed by atoms with E-state index in [4.69, 9.17) is 9.47 Å². The summed E-state index contributed by atoms with van der Waals surface area (Å²) in [5.41, 5.74) is 1.27. The second-order valence-electron chi connectivity index (χ2n) is 5.94.